The maximum atomic E-state index is 12.3. The van der Waals surface area contributed by atoms with E-state index >= 15 is 0 Å². The number of carbonyl (C=O) groups excluding carboxylic acids is 2. The summed E-state index contributed by atoms with van der Waals surface area (Å²) in [4.78, 5) is 24.0. The molecule has 0 unspecified atom stereocenters. The topological polar surface area (TPSA) is 114 Å². The largest absolute Gasteiger partial charge is 0.368 e. The van der Waals surface area contributed by atoms with Gasteiger partial charge in [-0.3, -0.25) is 19.9 Å². The van der Waals surface area contributed by atoms with Crippen molar-refractivity contribution in [3.63, 3.8) is 0 Å². The number of nitrogens with two attached hydrogens (primary N) is 1. The lowest BCUT2D eigenvalue weighted by Gasteiger charge is -2.20. The fourth-order valence-electron chi connectivity index (χ4n) is 2.20. The Balaban J connectivity index is 1.82. The highest BCUT2D eigenvalue weighted by molar-refractivity contribution is 7.15. The van der Waals surface area contributed by atoms with Crippen LogP contribution in [0.1, 0.15) is 11.4 Å². The van der Waals surface area contributed by atoms with Crippen LogP contribution in [0.5, 0.6) is 0 Å². The number of hydrogen-bond donors (Lipinski definition) is 2. The number of amides is 2. The van der Waals surface area contributed by atoms with Crippen molar-refractivity contribution in [2.45, 2.75) is 19.4 Å². The maximum absolute atomic E-state index is 12.3. The smallest absolute Gasteiger partial charge is 0.273 e. The first-order chi connectivity index (χ1) is 11.0. The molecule has 3 rings (SSSR count). The van der Waals surface area contributed by atoms with Crippen molar-refractivity contribution in [2.24, 2.45) is 10.8 Å². The number of hydrogen-bond acceptors (Lipinski definition) is 7. The second kappa shape index (κ2) is 6.13. The maximum Gasteiger partial charge on any atom is 0.273 e. The number of benzene rings is 1. The number of para-hydroxylation sites is 1. The molecular formula is C14H14N6O2S. The monoisotopic (exact) mass is 330 g/mol. The number of aryl methyl sites for hydroxylation is 1. The highest BCUT2D eigenvalue weighted by Gasteiger charge is 2.35. The zero-order valence-electron chi connectivity index (χ0n) is 12.3. The van der Waals surface area contributed by atoms with E-state index < -0.39 is 17.9 Å². The van der Waals surface area contributed by atoms with E-state index in [9.17, 15) is 9.59 Å². The van der Waals surface area contributed by atoms with Crippen molar-refractivity contribution in [1.29, 1.82) is 0 Å². The minimum Gasteiger partial charge on any atom is -0.368 e. The minimum atomic E-state index is -0.686. The molecule has 8 nitrogen and oxygen atoms in total. The van der Waals surface area contributed by atoms with E-state index in [1.807, 2.05) is 18.2 Å². The van der Waals surface area contributed by atoms with Gasteiger partial charge in [0.1, 0.15) is 16.8 Å². The average Bonchev–Trinajstić information content (AvgIpc) is 3.15. The van der Waals surface area contributed by atoms with Crippen molar-refractivity contribution >= 4 is 39.7 Å². The summed E-state index contributed by atoms with van der Waals surface area (Å²) in [6, 6.07) is 8.42. The lowest BCUT2D eigenvalue weighted by atomic mass is 10.1. The molecule has 9 heteroatoms. The normalized spacial score (nSPS) is 17.0. The van der Waals surface area contributed by atoms with Gasteiger partial charge in [-0.05, 0) is 19.1 Å². The van der Waals surface area contributed by atoms with Gasteiger partial charge in [-0.2, -0.15) is 5.10 Å². The van der Waals surface area contributed by atoms with E-state index in [0.29, 0.717) is 10.8 Å². The number of hydrazone groups is 1. The Bertz CT molecular complexity index is 773. The molecule has 23 heavy (non-hydrogen) atoms. The molecule has 1 aliphatic rings. The molecule has 0 spiro atoms. The van der Waals surface area contributed by atoms with E-state index in [0.717, 1.165) is 5.01 Å². The van der Waals surface area contributed by atoms with E-state index in [1.165, 1.54) is 16.3 Å². The molecule has 0 aliphatic carbocycles. The fourth-order valence-corrected chi connectivity index (χ4v) is 2.79. The van der Waals surface area contributed by atoms with Crippen LogP contribution in [-0.4, -0.2) is 33.8 Å². The van der Waals surface area contributed by atoms with Gasteiger partial charge in [0.05, 0.1) is 5.69 Å². The molecule has 0 bridgehead atoms. The number of nitrogens with one attached hydrogen (secondary N) is 1. The highest BCUT2D eigenvalue weighted by Crippen LogP contribution is 2.25. The van der Waals surface area contributed by atoms with Gasteiger partial charge >= 0.3 is 0 Å². The minimum absolute atomic E-state index is 0.147. The van der Waals surface area contributed by atoms with Crippen LogP contribution in [0, 0.1) is 6.92 Å². The predicted octanol–water partition coefficient (Wildman–Crippen LogP) is 0.905. The zero-order chi connectivity index (χ0) is 16.4. The Labute approximate surface area is 136 Å². The van der Waals surface area contributed by atoms with E-state index in [1.54, 1.807) is 19.1 Å². The van der Waals surface area contributed by atoms with Crippen molar-refractivity contribution in [3.05, 3.63) is 35.3 Å². The first kappa shape index (κ1) is 15.1. The van der Waals surface area contributed by atoms with Crippen molar-refractivity contribution in [1.82, 2.24) is 10.2 Å². The first-order valence-corrected chi connectivity index (χ1v) is 7.69. The third-order valence-corrected chi connectivity index (χ3v) is 4.02. The van der Waals surface area contributed by atoms with Crippen molar-refractivity contribution in [2.75, 3.05) is 10.3 Å². The van der Waals surface area contributed by atoms with Crippen LogP contribution < -0.4 is 16.1 Å². The average molecular weight is 330 g/mol. The lowest BCUT2D eigenvalue weighted by molar-refractivity contribution is -0.119. The highest BCUT2D eigenvalue weighted by atomic mass is 32.1. The molecule has 2 amide bonds. The third kappa shape index (κ3) is 3.19. The zero-order valence-corrected chi connectivity index (χ0v) is 13.1. The van der Waals surface area contributed by atoms with Crippen LogP contribution in [0.15, 0.2) is 35.4 Å². The van der Waals surface area contributed by atoms with Gasteiger partial charge in [-0.25, -0.2) is 0 Å². The number of primary amides is 1. The van der Waals surface area contributed by atoms with Crippen LogP contribution in [0.2, 0.25) is 0 Å². The van der Waals surface area contributed by atoms with Crippen LogP contribution in [-0.2, 0) is 9.59 Å². The lowest BCUT2D eigenvalue weighted by Crippen LogP contribution is -2.39. The summed E-state index contributed by atoms with van der Waals surface area (Å²) in [5.74, 6) is -0.946. The summed E-state index contributed by atoms with van der Waals surface area (Å²) in [7, 11) is 0. The summed E-state index contributed by atoms with van der Waals surface area (Å²) in [5, 5.41) is 17.2. The molecule has 1 aromatic carbocycles. The molecule has 2 aromatic rings. The van der Waals surface area contributed by atoms with Crippen LogP contribution >= 0.6 is 11.3 Å². The molecule has 0 radical (unpaired) electrons. The van der Waals surface area contributed by atoms with Gasteiger partial charge in [0.25, 0.3) is 5.91 Å². The van der Waals surface area contributed by atoms with Crippen LogP contribution in [0.3, 0.4) is 0 Å². The van der Waals surface area contributed by atoms with Gasteiger partial charge in [-0.1, -0.05) is 29.5 Å². The molecule has 0 saturated heterocycles. The number of anilines is 2. The van der Waals surface area contributed by atoms with Gasteiger partial charge in [0, 0.05) is 6.42 Å². The van der Waals surface area contributed by atoms with Crippen LogP contribution in [0.25, 0.3) is 0 Å². The van der Waals surface area contributed by atoms with Gasteiger partial charge in [-0.15, -0.1) is 10.2 Å². The molecule has 1 atom stereocenters. The molecule has 3 N–H and O–H groups in total. The molecule has 1 aromatic heterocycles. The summed E-state index contributed by atoms with van der Waals surface area (Å²) in [6.45, 7) is 1.79. The summed E-state index contributed by atoms with van der Waals surface area (Å²) < 4.78 is 0. The van der Waals surface area contributed by atoms with Gasteiger partial charge < -0.3 is 5.73 Å². The van der Waals surface area contributed by atoms with E-state index in [2.05, 4.69) is 20.6 Å². The number of nitrogens with zero attached hydrogens (tertiary/aromatic N) is 4. The first-order valence-electron chi connectivity index (χ1n) is 6.87. The number of carbonyl (C=O) groups is 2. The third-order valence-electron chi connectivity index (χ3n) is 3.27. The summed E-state index contributed by atoms with van der Waals surface area (Å²) >= 11 is 1.26. The number of aromatic nitrogens is 2. The molecular weight excluding hydrogens is 316 g/mol. The summed E-state index contributed by atoms with van der Waals surface area (Å²) in [5.41, 5.74) is 6.37. The Morgan fingerprint density at radius 1 is 1.30 bits per heavy atom. The van der Waals surface area contributed by atoms with Crippen LogP contribution in [0.4, 0.5) is 10.8 Å². The summed E-state index contributed by atoms with van der Waals surface area (Å²) in [6.07, 6.45) is 0.147. The Morgan fingerprint density at radius 2 is 2.04 bits per heavy atom. The molecule has 0 fully saturated rings. The Kier molecular flexibility index (Phi) is 4.02. The molecule has 2 heterocycles. The predicted molar refractivity (Wildman–Crippen MR) is 87.2 cm³/mol. The standard InChI is InChI=1S/C14H14N6O2S/c1-8-17-18-14(23-8)16-13(22)10-7-11(12(15)21)20(19-10)9-5-3-2-4-6-9/h2-6,11H,7H2,1H3,(H2,15,21)(H,16,18,22)/t11-/m1/s1. The van der Waals surface area contributed by atoms with Crippen molar-refractivity contribution in [3.8, 4) is 0 Å². The second-order valence-electron chi connectivity index (χ2n) is 4.93. The molecule has 1 aliphatic heterocycles. The SMILES string of the molecule is Cc1nnc(NC(=O)C2=NN(c3ccccc3)[C@@H](C(N)=O)C2)s1. The molecule has 118 valence electrons. The quantitative estimate of drug-likeness (QED) is 0.865. The van der Waals surface area contributed by atoms with Gasteiger partial charge in [0.15, 0.2) is 0 Å². The molecule has 0 saturated carbocycles. The van der Waals surface area contributed by atoms with Gasteiger partial charge in [0.2, 0.25) is 11.0 Å². The van der Waals surface area contributed by atoms with Crippen molar-refractivity contribution < 1.29 is 9.59 Å². The number of rotatable bonds is 4. The Morgan fingerprint density at radius 3 is 2.65 bits per heavy atom. The second-order valence-corrected chi connectivity index (χ2v) is 6.11. The fraction of sp³-hybridized carbons (Fsp3) is 0.214. The van der Waals surface area contributed by atoms with E-state index in [-0.39, 0.29) is 12.1 Å². The van der Waals surface area contributed by atoms with E-state index in [4.69, 9.17) is 5.73 Å². The Hall–Kier alpha value is -2.81.